The van der Waals surface area contributed by atoms with Crippen molar-refractivity contribution < 1.29 is 9.59 Å². The Morgan fingerprint density at radius 1 is 1.40 bits per heavy atom. The van der Waals surface area contributed by atoms with Crippen molar-refractivity contribution in [1.29, 1.82) is 0 Å². The number of ketones is 1. The lowest BCUT2D eigenvalue weighted by atomic mass is 10.2. The average molecular weight is 376 g/mol. The number of carbonyl (C=O) groups is 2. The molecule has 1 amide bonds. The van der Waals surface area contributed by atoms with Crippen LogP contribution in [0.3, 0.4) is 0 Å². The molecule has 0 bridgehead atoms. The predicted molar refractivity (Wildman–Crippen MR) is 100 cm³/mol. The van der Waals surface area contributed by atoms with Crippen LogP contribution in [-0.4, -0.2) is 27.4 Å². The second-order valence-electron chi connectivity index (χ2n) is 6.27. The molecule has 7 heteroatoms. The van der Waals surface area contributed by atoms with Crippen molar-refractivity contribution >= 4 is 34.8 Å². The van der Waals surface area contributed by atoms with Gasteiger partial charge in [-0.2, -0.15) is 0 Å². The van der Waals surface area contributed by atoms with E-state index in [4.69, 9.17) is 0 Å². The van der Waals surface area contributed by atoms with Gasteiger partial charge in [-0.1, -0.05) is 17.8 Å². The van der Waals surface area contributed by atoms with E-state index in [9.17, 15) is 9.59 Å². The molecule has 1 unspecified atom stereocenters. The topological polar surface area (TPSA) is 72.0 Å². The van der Waals surface area contributed by atoms with Crippen LogP contribution >= 0.6 is 23.1 Å². The lowest BCUT2D eigenvalue weighted by Crippen LogP contribution is -2.27. The Morgan fingerprint density at radius 2 is 2.16 bits per heavy atom. The quantitative estimate of drug-likeness (QED) is 0.451. The Bertz CT molecular complexity index is 786. The van der Waals surface area contributed by atoms with Crippen LogP contribution in [0.25, 0.3) is 0 Å². The first kappa shape index (κ1) is 18.1. The van der Waals surface area contributed by atoms with E-state index in [1.54, 1.807) is 11.3 Å². The Hall–Kier alpha value is -1.73. The molecule has 3 rings (SSSR count). The standard InChI is InChI=1S/C18H21N3O2S2/c1-10(14-5-4-8-24-14)19-15(23)9-25-18-16(12(3)22)11(2)20-17(21-18)13-6-7-13/h4-5,8,10,13H,6-7,9H2,1-3H3,(H,19,23). The number of nitrogens with one attached hydrogen (secondary N) is 1. The van der Waals surface area contributed by atoms with E-state index in [0.29, 0.717) is 22.2 Å². The van der Waals surface area contributed by atoms with E-state index >= 15 is 0 Å². The number of Topliss-reactive ketones (excluding diaryl/α,β-unsaturated/α-hetero) is 1. The average Bonchev–Trinajstić information content (AvgIpc) is 3.26. The molecule has 0 aliphatic heterocycles. The van der Waals surface area contributed by atoms with Crippen LogP contribution in [-0.2, 0) is 4.79 Å². The number of aromatic nitrogens is 2. The monoisotopic (exact) mass is 375 g/mol. The maximum absolute atomic E-state index is 12.3. The number of hydrogen-bond donors (Lipinski definition) is 1. The summed E-state index contributed by atoms with van der Waals surface area (Å²) in [5, 5.41) is 5.61. The molecule has 0 spiro atoms. The van der Waals surface area contributed by atoms with Crippen LogP contribution in [0.4, 0.5) is 0 Å². The lowest BCUT2D eigenvalue weighted by Gasteiger charge is -2.13. The first-order chi connectivity index (χ1) is 12.0. The van der Waals surface area contributed by atoms with Crippen molar-refractivity contribution in [3.63, 3.8) is 0 Å². The summed E-state index contributed by atoms with van der Waals surface area (Å²) >= 11 is 2.94. The molecule has 0 aromatic carbocycles. The summed E-state index contributed by atoms with van der Waals surface area (Å²) < 4.78 is 0. The highest BCUT2D eigenvalue weighted by Gasteiger charge is 2.29. The van der Waals surface area contributed by atoms with Gasteiger partial charge in [0.15, 0.2) is 5.78 Å². The van der Waals surface area contributed by atoms with Gasteiger partial charge in [-0.3, -0.25) is 9.59 Å². The fraction of sp³-hybridized carbons (Fsp3) is 0.444. The number of hydrogen-bond acceptors (Lipinski definition) is 6. The molecule has 1 aliphatic carbocycles. The van der Waals surface area contributed by atoms with Crippen molar-refractivity contribution in [3.8, 4) is 0 Å². The number of amides is 1. The van der Waals surface area contributed by atoms with Crippen LogP contribution in [0.2, 0.25) is 0 Å². The summed E-state index contributed by atoms with van der Waals surface area (Å²) in [5.41, 5.74) is 1.24. The summed E-state index contributed by atoms with van der Waals surface area (Å²) in [7, 11) is 0. The Labute approximate surface area is 155 Å². The first-order valence-electron chi connectivity index (χ1n) is 8.30. The molecule has 1 N–H and O–H groups in total. The predicted octanol–water partition coefficient (Wildman–Crippen LogP) is 3.90. The third-order valence-corrected chi connectivity index (χ3v) is 6.09. The van der Waals surface area contributed by atoms with E-state index in [0.717, 1.165) is 23.5 Å². The second-order valence-corrected chi connectivity index (χ2v) is 8.21. The molecule has 2 heterocycles. The van der Waals surface area contributed by atoms with Gasteiger partial charge in [0.2, 0.25) is 5.91 Å². The highest BCUT2D eigenvalue weighted by atomic mass is 32.2. The zero-order valence-corrected chi connectivity index (χ0v) is 16.2. The number of carbonyl (C=O) groups excluding carboxylic acids is 2. The third kappa shape index (κ3) is 4.46. The van der Waals surface area contributed by atoms with Gasteiger partial charge in [0, 0.05) is 10.8 Å². The van der Waals surface area contributed by atoms with Crippen LogP contribution in [0.1, 0.15) is 65.4 Å². The maximum Gasteiger partial charge on any atom is 0.230 e. The molecular formula is C18H21N3O2S2. The number of aryl methyl sites for hydroxylation is 1. The van der Waals surface area contributed by atoms with Crippen molar-refractivity contribution in [2.24, 2.45) is 0 Å². The minimum absolute atomic E-state index is 0.0189. The summed E-state index contributed by atoms with van der Waals surface area (Å²) in [5.74, 6) is 1.32. The van der Waals surface area contributed by atoms with Crippen molar-refractivity contribution in [1.82, 2.24) is 15.3 Å². The Balaban J connectivity index is 1.69. The number of thioether (sulfide) groups is 1. The van der Waals surface area contributed by atoms with Crippen molar-refractivity contribution in [2.75, 3.05) is 5.75 Å². The smallest absolute Gasteiger partial charge is 0.230 e. The van der Waals surface area contributed by atoms with Gasteiger partial charge in [0.1, 0.15) is 10.9 Å². The summed E-state index contributed by atoms with van der Waals surface area (Å²) in [6, 6.07) is 3.96. The lowest BCUT2D eigenvalue weighted by molar-refractivity contribution is -0.119. The molecule has 0 saturated heterocycles. The van der Waals surface area contributed by atoms with Crippen molar-refractivity contribution in [2.45, 2.75) is 50.6 Å². The zero-order chi connectivity index (χ0) is 18.0. The molecule has 25 heavy (non-hydrogen) atoms. The molecule has 0 radical (unpaired) electrons. The van der Waals surface area contributed by atoms with E-state index < -0.39 is 0 Å². The molecule has 2 aromatic rings. The highest BCUT2D eigenvalue weighted by Crippen LogP contribution is 2.39. The largest absolute Gasteiger partial charge is 0.348 e. The van der Waals surface area contributed by atoms with Gasteiger partial charge in [-0.15, -0.1) is 11.3 Å². The van der Waals surface area contributed by atoms with E-state index in [1.165, 1.54) is 18.7 Å². The molecular weight excluding hydrogens is 354 g/mol. The fourth-order valence-electron chi connectivity index (χ4n) is 2.63. The maximum atomic E-state index is 12.3. The zero-order valence-electron chi connectivity index (χ0n) is 14.5. The Morgan fingerprint density at radius 3 is 2.76 bits per heavy atom. The van der Waals surface area contributed by atoms with E-state index in [2.05, 4.69) is 15.3 Å². The van der Waals surface area contributed by atoms with Crippen LogP contribution in [0, 0.1) is 6.92 Å². The number of rotatable bonds is 7. The third-order valence-electron chi connectivity index (χ3n) is 4.06. The molecule has 5 nitrogen and oxygen atoms in total. The minimum atomic E-state index is -0.0651. The minimum Gasteiger partial charge on any atom is -0.348 e. The molecule has 2 aromatic heterocycles. The van der Waals surface area contributed by atoms with Gasteiger partial charge in [0.05, 0.1) is 23.1 Å². The number of nitrogens with zero attached hydrogens (tertiary/aromatic N) is 2. The SMILES string of the molecule is CC(=O)c1c(C)nc(C2CC2)nc1SCC(=O)NC(C)c1cccs1. The van der Waals surface area contributed by atoms with E-state index in [1.807, 2.05) is 31.4 Å². The summed E-state index contributed by atoms with van der Waals surface area (Å²) in [6.45, 7) is 5.33. The van der Waals surface area contributed by atoms with Crippen LogP contribution < -0.4 is 5.32 Å². The summed E-state index contributed by atoms with van der Waals surface area (Å²) in [4.78, 5) is 34.4. The second kappa shape index (κ2) is 7.66. The molecule has 132 valence electrons. The summed E-state index contributed by atoms with van der Waals surface area (Å²) in [6.07, 6.45) is 2.20. The molecule has 1 fully saturated rings. The highest BCUT2D eigenvalue weighted by molar-refractivity contribution is 8.00. The van der Waals surface area contributed by atoms with Gasteiger partial charge >= 0.3 is 0 Å². The molecule has 1 saturated carbocycles. The van der Waals surface area contributed by atoms with Crippen LogP contribution in [0.15, 0.2) is 22.5 Å². The fourth-order valence-corrected chi connectivity index (χ4v) is 4.31. The van der Waals surface area contributed by atoms with Gasteiger partial charge < -0.3 is 5.32 Å². The molecule has 1 aliphatic rings. The molecule has 1 atom stereocenters. The van der Waals surface area contributed by atoms with E-state index in [-0.39, 0.29) is 23.5 Å². The normalized spacial score (nSPS) is 15.0. The van der Waals surface area contributed by atoms with Crippen molar-refractivity contribution in [3.05, 3.63) is 39.5 Å². The Kier molecular flexibility index (Phi) is 5.54. The van der Waals surface area contributed by atoms with Crippen LogP contribution in [0.5, 0.6) is 0 Å². The van der Waals surface area contributed by atoms with Gasteiger partial charge in [0.25, 0.3) is 0 Å². The van der Waals surface area contributed by atoms with Gasteiger partial charge in [-0.25, -0.2) is 9.97 Å². The van der Waals surface area contributed by atoms with Gasteiger partial charge in [-0.05, 0) is 45.1 Å². The number of thiophene rings is 1. The first-order valence-corrected chi connectivity index (χ1v) is 10.2.